The Morgan fingerprint density at radius 2 is 1.58 bits per heavy atom. The molecule has 4 nitrogen and oxygen atoms in total. The lowest BCUT2D eigenvalue weighted by molar-refractivity contribution is -0.112. The maximum Gasteiger partial charge on any atom is 0.231 e. The van der Waals surface area contributed by atoms with Gasteiger partial charge in [0.25, 0.3) is 0 Å². The summed E-state index contributed by atoms with van der Waals surface area (Å²) in [6.07, 6.45) is 11.4. The molecule has 0 spiro atoms. The SMILES string of the molecule is CCCCCCOc1ccc(/C=C2/CCC/C(=C/c3ccc4c(c3)OCO4)C2=O)cc1. The topological polar surface area (TPSA) is 44.8 Å². The molecule has 1 heterocycles. The predicted molar refractivity (Wildman–Crippen MR) is 123 cm³/mol. The minimum atomic E-state index is 0.139. The summed E-state index contributed by atoms with van der Waals surface area (Å²) in [6.45, 7) is 3.22. The van der Waals surface area contributed by atoms with Gasteiger partial charge >= 0.3 is 0 Å². The number of ether oxygens (including phenoxy) is 3. The highest BCUT2D eigenvalue weighted by Crippen LogP contribution is 2.34. The minimum Gasteiger partial charge on any atom is -0.494 e. The lowest BCUT2D eigenvalue weighted by Crippen LogP contribution is -2.12. The van der Waals surface area contributed by atoms with Crippen LogP contribution in [-0.2, 0) is 4.79 Å². The summed E-state index contributed by atoms with van der Waals surface area (Å²) in [4.78, 5) is 13.0. The normalized spacial score (nSPS) is 18.0. The Labute approximate surface area is 184 Å². The second-order valence-corrected chi connectivity index (χ2v) is 8.11. The van der Waals surface area contributed by atoms with Crippen molar-refractivity contribution in [3.05, 3.63) is 64.7 Å². The molecule has 0 saturated heterocycles. The van der Waals surface area contributed by atoms with Crippen molar-refractivity contribution in [2.45, 2.75) is 51.9 Å². The summed E-state index contributed by atoms with van der Waals surface area (Å²) in [5, 5.41) is 0. The van der Waals surface area contributed by atoms with Crippen LogP contribution in [0.25, 0.3) is 12.2 Å². The molecule has 1 saturated carbocycles. The Morgan fingerprint density at radius 1 is 0.871 bits per heavy atom. The summed E-state index contributed by atoms with van der Waals surface area (Å²) in [6, 6.07) is 13.8. The van der Waals surface area contributed by atoms with Crippen molar-refractivity contribution >= 4 is 17.9 Å². The third kappa shape index (κ3) is 5.57. The van der Waals surface area contributed by atoms with E-state index in [2.05, 4.69) is 6.92 Å². The van der Waals surface area contributed by atoms with Crippen molar-refractivity contribution in [2.24, 2.45) is 0 Å². The van der Waals surface area contributed by atoms with Crippen molar-refractivity contribution in [1.82, 2.24) is 0 Å². The Morgan fingerprint density at radius 3 is 2.35 bits per heavy atom. The fourth-order valence-corrected chi connectivity index (χ4v) is 3.96. The Hall–Kier alpha value is -3.01. The zero-order chi connectivity index (χ0) is 21.5. The van der Waals surface area contributed by atoms with E-state index in [1.54, 1.807) is 0 Å². The van der Waals surface area contributed by atoms with Gasteiger partial charge in [0.05, 0.1) is 6.61 Å². The number of Topliss-reactive ketones (excluding diaryl/α,β-unsaturated/α-hetero) is 1. The minimum absolute atomic E-state index is 0.139. The Balaban J connectivity index is 1.40. The highest BCUT2D eigenvalue weighted by molar-refractivity contribution is 6.14. The molecule has 4 heteroatoms. The van der Waals surface area contributed by atoms with Gasteiger partial charge in [0.1, 0.15) is 5.75 Å². The number of carbonyl (C=O) groups excluding carboxylic acids is 1. The van der Waals surface area contributed by atoms with Crippen LogP contribution in [0.2, 0.25) is 0 Å². The fourth-order valence-electron chi connectivity index (χ4n) is 3.96. The molecular weight excluding hydrogens is 388 g/mol. The number of fused-ring (bicyclic) bond motifs is 1. The van der Waals surface area contributed by atoms with Crippen LogP contribution in [0.15, 0.2) is 53.6 Å². The van der Waals surface area contributed by atoms with Crippen LogP contribution >= 0.6 is 0 Å². The van der Waals surface area contributed by atoms with Gasteiger partial charge in [-0.05, 0) is 73.2 Å². The maximum absolute atomic E-state index is 13.0. The number of hydrogen-bond donors (Lipinski definition) is 0. The Bertz CT molecular complexity index is 969. The van der Waals surface area contributed by atoms with Gasteiger partial charge < -0.3 is 14.2 Å². The van der Waals surface area contributed by atoms with Crippen molar-refractivity contribution in [1.29, 1.82) is 0 Å². The number of unbranched alkanes of at least 4 members (excludes halogenated alkanes) is 3. The van der Waals surface area contributed by atoms with Crippen LogP contribution in [0.1, 0.15) is 63.0 Å². The summed E-state index contributed by atoms with van der Waals surface area (Å²) < 4.78 is 16.6. The molecule has 1 fully saturated rings. The zero-order valence-corrected chi connectivity index (χ0v) is 18.2. The van der Waals surface area contributed by atoms with Crippen molar-refractivity contribution in [2.75, 3.05) is 13.4 Å². The van der Waals surface area contributed by atoms with Gasteiger partial charge in [-0.2, -0.15) is 0 Å². The first-order valence-corrected chi connectivity index (χ1v) is 11.3. The lowest BCUT2D eigenvalue weighted by Gasteiger charge is -2.17. The Kier molecular flexibility index (Phi) is 7.08. The third-order valence-electron chi connectivity index (χ3n) is 5.70. The lowest BCUT2D eigenvalue weighted by atomic mass is 9.87. The second-order valence-electron chi connectivity index (χ2n) is 8.11. The van der Waals surface area contributed by atoms with E-state index in [1.165, 1.54) is 19.3 Å². The number of carbonyl (C=O) groups is 1. The van der Waals surface area contributed by atoms with E-state index < -0.39 is 0 Å². The quantitative estimate of drug-likeness (QED) is 0.358. The molecule has 0 amide bonds. The maximum atomic E-state index is 13.0. The van der Waals surface area contributed by atoms with Crippen LogP contribution in [-0.4, -0.2) is 19.2 Å². The molecule has 2 aromatic rings. The number of allylic oxidation sites excluding steroid dienone is 2. The fraction of sp³-hybridized carbons (Fsp3) is 0.370. The van der Waals surface area contributed by atoms with Crippen molar-refractivity contribution < 1.29 is 19.0 Å². The molecule has 0 bridgehead atoms. The molecule has 4 rings (SSSR count). The standard InChI is InChI=1S/C27H30O4/c1-2-3-4-5-15-29-24-12-9-20(10-13-24)16-22-7-6-8-23(27(22)28)17-21-11-14-25-26(18-21)31-19-30-25/h9-14,16-18H,2-8,15,19H2,1H3/b22-16-,23-17-. The smallest absolute Gasteiger partial charge is 0.231 e. The molecule has 31 heavy (non-hydrogen) atoms. The van der Waals surface area contributed by atoms with Gasteiger partial charge in [0.15, 0.2) is 17.3 Å². The summed E-state index contributed by atoms with van der Waals surface area (Å²) >= 11 is 0. The average molecular weight is 419 g/mol. The molecule has 0 atom stereocenters. The molecule has 1 aliphatic heterocycles. The molecule has 0 N–H and O–H groups in total. The van der Waals surface area contributed by atoms with E-state index in [-0.39, 0.29) is 12.6 Å². The van der Waals surface area contributed by atoms with Gasteiger partial charge in [-0.25, -0.2) is 0 Å². The monoisotopic (exact) mass is 418 g/mol. The van der Waals surface area contributed by atoms with E-state index in [0.29, 0.717) is 0 Å². The van der Waals surface area contributed by atoms with Gasteiger partial charge in [-0.1, -0.05) is 44.4 Å². The van der Waals surface area contributed by atoms with Crippen LogP contribution in [0.3, 0.4) is 0 Å². The highest BCUT2D eigenvalue weighted by atomic mass is 16.7. The molecule has 1 aliphatic carbocycles. The third-order valence-corrected chi connectivity index (χ3v) is 5.70. The predicted octanol–water partition coefficient (Wildman–Crippen LogP) is 6.59. The largest absolute Gasteiger partial charge is 0.494 e. The van der Waals surface area contributed by atoms with Crippen molar-refractivity contribution in [3.63, 3.8) is 0 Å². The molecule has 0 unspecified atom stereocenters. The van der Waals surface area contributed by atoms with E-state index in [1.807, 2.05) is 54.6 Å². The molecular formula is C27H30O4. The van der Waals surface area contributed by atoms with Gasteiger partial charge in [0.2, 0.25) is 6.79 Å². The van der Waals surface area contributed by atoms with Crippen LogP contribution < -0.4 is 14.2 Å². The molecule has 162 valence electrons. The summed E-state index contributed by atoms with van der Waals surface area (Å²) in [5.41, 5.74) is 3.72. The molecule has 2 aliphatic rings. The number of hydrogen-bond acceptors (Lipinski definition) is 4. The number of rotatable bonds is 8. The summed E-state index contributed by atoms with van der Waals surface area (Å²) in [5.74, 6) is 2.52. The average Bonchev–Trinajstić information content (AvgIpc) is 3.25. The van der Waals surface area contributed by atoms with Gasteiger partial charge in [0, 0.05) is 11.1 Å². The van der Waals surface area contributed by atoms with Crippen LogP contribution in [0.5, 0.6) is 17.2 Å². The molecule has 2 aromatic carbocycles. The first-order chi connectivity index (χ1) is 15.2. The highest BCUT2D eigenvalue weighted by Gasteiger charge is 2.21. The van der Waals surface area contributed by atoms with E-state index >= 15 is 0 Å². The second kappa shape index (κ2) is 10.3. The first kappa shape index (κ1) is 21.2. The van der Waals surface area contributed by atoms with Crippen molar-refractivity contribution in [3.8, 4) is 17.2 Å². The molecule has 0 radical (unpaired) electrons. The van der Waals surface area contributed by atoms with E-state index in [9.17, 15) is 4.79 Å². The summed E-state index contributed by atoms with van der Waals surface area (Å²) in [7, 11) is 0. The first-order valence-electron chi connectivity index (χ1n) is 11.3. The zero-order valence-electron chi connectivity index (χ0n) is 18.2. The number of ketones is 1. The van der Waals surface area contributed by atoms with Gasteiger partial charge in [-0.3, -0.25) is 4.79 Å². The van der Waals surface area contributed by atoms with E-state index in [0.717, 1.165) is 71.8 Å². The van der Waals surface area contributed by atoms with Crippen LogP contribution in [0, 0.1) is 0 Å². The van der Waals surface area contributed by atoms with Gasteiger partial charge in [-0.15, -0.1) is 0 Å². The van der Waals surface area contributed by atoms with E-state index in [4.69, 9.17) is 14.2 Å². The van der Waals surface area contributed by atoms with Crippen LogP contribution in [0.4, 0.5) is 0 Å². The molecule has 0 aromatic heterocycles. The number of benzene rings is 2.